The standard InChI is InChI=1S/C14H21NO/c1-11(16)9-15(2)10-12-6-7-13-4-3-5-14(13)8-12/h6-8,11,16H,3-5,9-10H2,1-2H3. The second kappa shape index (κ2) is 4.98. The maximum Gasteiger partial charge on any atom is 0.0639 e. The lowest BCUT2D eigenvalue weighted by atomic mass is 10.1. The zero-order valence-electron chi connectivity index (χ0n) is 10.2. The van der Waals surface area contributed by atoms with Crippen molar-refractivity contribution in [2.45, 2.75) is 38.8 Å². The van der Waals surface area contributed by atoms with E-state index in [2.05, 4.69) is 30.1 Å². The van der Waals surface area contributed by atoms with Crippen LogP contribution in [0.2, 0.25) is 0 Å². The van der Waals surface area contributed by atoms with Crippen molar-refractivity contribution >= 4 is 0 Å². The molecule has 1 atom stereocenters. The summed E-state index contributed by atoms with van der Waals surface area (Å²) in [4.78, 5) is 2.17. The summed E-state index contributed by atoms with van der Waals surface area (Å²) in [7, 11) is 2.06. The average Bonchev–Trinajstić information content (AvgIpc) is 2.63. The molecule has 1 aromatic carbocycles. The van der Waals surface area contributed by atoms with Crippen LogP contribution in [0.15, 0.2) is 18.2 Å². The van der Waals surface area contributed by atoms with Crippen LogP contribution in [-0.4, -0.2) is 29.7 Å². The number of likely N-dealkylation sites (N-methyl/N-ethyl adjacent to an activating group) is 1. The van der Waals surface area contributed by atoms with Gasteiger partial charge in [-0.3, -0.25) is 4.90 Å². The highest BCUT2D eigenvalue weighted by Gasteiger charge is 2.11. The third-order valence-corrected chi connectivity index (χ3v) is 3.19. The Labute approximate surface area is 97.9 Å². The van der Waals surface area contributed by atoms with Crippen LogP contribution in [0.4, 0.5) is 0 Å². The van der Waals surface area contributed by atoms with E-state index in [9.17, 15) is 5.11 Å². The smallest absolute Gasteiger partial charge is 0.0639 e. The van der Waals surface area contributed by atoms with E-state index in [4.69, 9.17) is 0 Å². The fraction of sp³-hybridized carbons (Fsp3) is 0.571. The summed E-state index contributed by atoms with van der Waals surface area (Å²) in [5.41, 5.74) is 4.42. The molecule has 1 aliphatic carbocycles. The van der Waals surface area contributed by atoms with Crippen molar-refractivity contribution in [3.63, 3.8) is 0 Å². The van der Waals surface area contributed by atoms with Crippen LogP contribution in [0, 0.1) is 0 Å². The van der Waals surface area contributed by atoms with Gasteiger partial charge in [0.05, 0.1) is 6.10 Å². The molecule has 0 aromatic heterocycles. The van der Waals surface area contributed by atoms with Gasteiger partial charge in [-0.05, 0) is 49.9 Å². The summed E-state index contributed by atoms with van der Waals surface area (Å²) in [6.07, 6.45) is 3.55. The molecule has 1 N–H and O–H groups in total. The first-order valence-electron chi connectivity index (χ1n) is 6.12. The Morgan fingerprint density at radius 3 is 2.81 bits per heavy atom. The molecule has 0 saturated carbocycles. The number of hydrogen-bond donors (Lipinski definition) is 1. The Hall–Kier alpha value is -0.860. The van der Waals surface area contributed by atoms with Gasteiger partial charge in [0.25, 0.3) is 0 Å². The molecule has 0 bridgehead atoms. The van der Waals surface area contributed by atoms with Gasteiger partial charge in [0.15, 0.2) is 0 Å². The number of aliphatic hydroxyl groups is 1. The number of fused-ring (bicyclic) bond motifs is 1. The van der Waals surface area contributed by atoms with E-state index in [0.29, 0.717) is 0 Å². The van der Waals surface area contributed by atoms with Gasteiger partial charge in [-0.25, -0.2) is 0 Å². The lowest BCUT2D eigenvalue weighted by Gasteiger charge is -2.18. The van der Waals surface area contributed by atoms with Gasteiger partial charge in [0, 0.05) is 13.1 Å². The zero-order valence-corrected chi connectivity index (χ0v) is 10.2. The van der Waals surface area contributed by atoms with E-state index in [-0.39, 0.29) is 6.10 Å². The molecule has 88 valence electrons. The van der Waals surface area contributed by atoms with Crippen LogP contribution in [0.5, 0.6) is 0 Å². The highest BCUT2D eigenvalue weighted by molar-refractivity contribution is 5.35. The predicted octanol–water partition coefficient (Wildman–Crippen LogP) is 1.99. The van der Waals surface area contributed by atoms with Crippen molar-refractivity contribution < 1.29 is 5.11 Å². The normalized spacial score (nSPS) is 16.5. The quantitative estimate of drug-likeness (QED) is 0.837. The van der Waals surface area contributed by atoms with Gasteiger partial charge >= 0.3 is 0 Å². The fourth-order valence-corrected chi connectivity index (χ4v) is 2.55. The molecule has 1 aliphatic rings. The highest BCUT2D eigenvalue weighted by Crippen LogP contribution is 2.23. The molecular formula is C14H21NO. The molecule has 1 unspecified atom stereocenters. The number of aryl methyl sites for hydroxylation is 2. The van der Waals surface area contributed by atoms with E-state index in [1.54, 1.807) is 0 Å². The molecule has 0 saturated heterocycles. The fourth-order valence-electron chi connectivity index (χ4n) is 2.55. The number of nitrogens with zero attached hydrogens (tertiary/aromatic N) is 1. The molecule has 1 aromatic rings. The Bertz CT molecular complexity index is 360. The van der Waals surface area contributed by atoms with Crippen molar-refractivity contribution in [2.75, 3.05) is 13.6 Å². The van der Waals surface area contributed by atoms with Crippen LogP contribution < -0.4 is 0 Å². The van der Waals surface area contributed by atoms with Crippen LogP contribution in [0.3, 0.4) is 0 Å². The van der Waals surface area contributed by atoms with Crippen LogP contribution in [0.1, 0.15) is 30.0 Å². The highest BCUT2D eigenvalue weighted by atomic mass is 16.3. The van der Waals surface area contributed by atoms with Gasteiger partial charge in [0.1, 0.15) is 0 Å². The van der Waals surface area contributed by atoms with Crippen molar-refractivity contribution in [1.29, 1.82) is 0 Å². The molecular weight excluding hydrogens is 198 g/mol. The third kappa shape index (κ3) is 2.83. The molecule has 2 heteroatoms. The molecule has 2 rings (SSSR count). The van der Waals surface area contributed by atoms with E-state index in [0.717, 1.165) is 13.1 Å². The Balaban J connectivity index is 1.99. The van der Waals surface area contributed by atoms with E-state index in [1.165, 1.54) is 36.0 Å². The lowest BCUT2D eigenvalue weighted by Crippen LogP contribution is -2.26. The summed E-state index contributed by atoms with van der Waals surface area (Å²) in [6, 6.07) is 6.83. The number of aliphatic hydroxyl groups excluding tert-OH is 1. The monoisotopic (exact) mass is 219 g/mol. The summed E-state index contributed by atoms with van der Waals surface area (Å²) >= 11 is 0. The zero-order chi connectivity index (χ0) is 11.5. The average molecular weight is 219 g/mol. The second-order valence-corrected chi connectivity index (χ2v) is 5.00. The second-order valence-electron chi connectivity index (χ2n) is 5.00. The minimum atomic E-state index is -0.251. The Kier molecular flexibility index (Phi) is 3.62. The van der Waals surface area contributed by atoms with Gasteiger partial charge in [-0.2, -0.15) is 0 Å². The molecule has 0 fully saturated rings. The van der Waals surface area contributed by atoms with Crippen molar-refractivity contribution in [1.82, 2.24) is 4.90 Å². The van der Waals surface area contributed by atoms with Gasteiger partial charge < -0.3 is 5.11 Å². The maximum atomic E-state index is 9.31. The van der Waals surface area contributed by atoms with Crippen molar-refractivity contribution in [2.24, 2.45) is 0 Å². The van der Waals surface area contributed by atoms with Crippen LogP contribution in [0.25, 0.3) is 0 Å². The molecule has 0 radical (unpaired) electrons. The van der Waals surface area contributed by atoms with Gasteiger partial charge in [-0.1, -0.05) is 18.2 Å². The predicted molar refractivity (Wildman–Crippen MR) is 66.5 cm³/mol. The van der Waals surface area contributed by atoms with Crippen LogP contribution >= 0.6 is 0 Å². The minimum Gasteiger partial charge on any atom is -0.392 e. The maximum absolute atomic E-state index is 9.31. The topological polar surface area (TPSA) is 23.5 Å². The summed E-state index contributed by atoms with van der Waals surface area (Å²) in [6.45, 7) is 3.49. The Morgan fingerprint density at radius 2 is 2.06 bits per heavy atom. The first-order chi connectivity index (χ1) is 7.65. The van der Waals surface area contributed by atoms with Gasteiger partial charge in [0.2, 0.25) is 0 Å². The van der Waals surface area contributed by atoms with E-state index in [1.807, 2.05) is 6.92 Å². The van der Waals surface area contributed by atoms with Crippen molar-refractivity contribution in [3.8, 4) is 0 Å². The molecule has 0 spiro atoms. The van der Waals surface area contributed by atoms with Gasteiger partial charge in [-0.15, -0.1) is 0 Å². The number of hydrogen-bond acceptors (Lipinski definition) is 2. The molecule has 2 nitrogen and oxygen atoms in total. The molecule has 0 aliphatic heterocycles. The first kappa shape index (κ1) is 11.6. The summed E-state index contributed by atoms with van der Waals surface area (Å²) in [5, 5.41) is 9.31. The summed E-state index contributed by atoms with van der Waals surface area (Å²) in [5.74, 6) is 0. The van der Waals surface area contributed by atoms with E-state index >= 15 is 0 Å². The molecule has 16 heavy (non-hydrogen) atoms. The van der Waals surface area contributed by atoms with Crippen molar-refractivity contribution in [3.05, 3.63) is 34.9 Å². The largest absolute Gasteiger partial charge is 0.392 e. The minimum absolute atomic E-state index is 0.251. The SMILES string of the molecule is CC(O)CN(C)Cc1ccc2c(c1)CCC2. The lowest BCUT2D eigenvalue weighted by molar-refractivity contribution is 0.138. The number of rotatable bonds is 4. The van der Waals surface area contributed by atoms with E-state index < -0.39 is 0 Å². The molecule has 0 heterocycles. The molecule has 0 amide bonds. The third-order valence-electron chi connectivity index (χ3n) is 3.19. The van der Waals surface area contributed by atoms with Crippen LogP contribution in [-0.2, 0) is 19.4 Å². The summed E-state index contributed by atoms with van der Waals surface area (Å²) < 4.78 is 0. The number of benzene rings is 1. The first-order valence-corrected chi connectivity index (χ1v) is 6.12. The Morgan fingerprint density at radius 1 is 1.31 bits per heavy atom.